The lowest BCUT2D eigenvalue weighted by Crippen LogP contribution is -2.17. The van der Waals surface area contributed by atoms with Gasteiger partial charge in [-0.05, 0) is 167 Å². The molecule has 4 aromatic heterocycles. The average Bonchev–Trinajstić information content (AvgIpc) is 4.05. The number of aromatic amines is 1. The first-order valence-electron chi connectivity index (χ1n) is 21.4. The summed E-state index contributed by atoms with van der Waals surface area (Å²) in [5, 5.41) is 7.77. The van der Waals surface area contributed by atoms with E-state index in [2.05, 4.69) is 166 Å². The minimum Gasteiger partial charge on any atom is -0.380 e. The number of nitrogens with one attached hydrogen (secondary N) is 2. The van der Waals surface area contributed by atoms with E-state index in [0.717, 1.165) is 57.1 Å². The molecule has 0 bridgehead atoms. The molecular weight excluding hydrogens is 719 g/mol. The number of hydrogen-bond donors (Lipinski definition) is 2. The Bertz CT molecular complexity index is 3210. The van der Waals surface area contributed by atoms with Gasteiger partial charge in [0.05, 0.1) is 28.3 Å². The molecule has 1 atom stereocenters. The standard InChI is InChI=1S/C54H43N5/c1-3-9-33(10-4-1)39-16-21-47(55-31-39)35-15-23-49-43(27-35)45-29-37-13-14-38-30-46-44-28-36(48-22-17-40(32-56-48)34-11-5-2-6-12-34)18-24-50(44)59(58-25-7-8-26-58)54(46)42-20-19-41(53(45)57-49)51(37)52(38)42/h1-3,5-9,11-12,16-18,21-22,24-32,48,56-57H,4,10,13-15,19-20,23H2. The van der Waals surface area contributed by atoms with E-state index in [4.69, 9.17) is 4.98 Å². The first-order valence-corrected chi connectivity index (χ1v) is 21.4. The number of benzene rings is 4. The van der Waals surface area contributed by atoms with Crippen LogP contribution >= 0.6 is 0 Å². The third-order valence-electron chi connectivity index (χ3n) is 13.8. The van der Waals surface area contributed by atoms with E-state index < -0.39 is 0 Å². The van der Waals surface area contributed by atoms with Crippen molar-refractivity contribution in [2.75, 3.05) is 0 Å². The van der Waals surface area contributed by atoms with Crippen molar-refractivity contribution in [3.63, 3.8) is 0 Å². The molecule has 0 radical (unpaired) electrons. The lowest BCUT2D eigenvalue weighted by molar-refractivity contribution is 0.712. The van der Waals surface area contributed by atoms with Gasteiger partial charge in [0.25, 0.3) is 0 Å². The van der Waals surface area contributed by atoms with Gasteiger partial charge < -0.3 is 10.3 Å². The van der Waals surface area contributed by atoms with Crippen molar-refractivity contribution in [3.8, 4) is 11.1 Å². The van der Waals surface area contributed by atoms with E-state index in [1.165, 1.54) is 111 Å². The topological polar surface area (TPSA) is 50.6 Å². The van der Waals surface area contributed by atoms with Gasteiger partial charge in [-0.1, -0.05) is 72.8 Å². The molecule has 5 heterocycles. The number of allylic oxidation sites excluding steroid dienone is 7. The van der Waals surface area contributed by atoms with E-state index >= 15 is 0 Å². The van der Waals surface area contributed by atoms with Crippen LogP contribution in [0, 0.1) is 0 Å². The van der Waals surface area contributed by atoms with Crippen LogP contribution in [-0.2, 0) is 32.1 Å². The number of fused-ring (bicyclic) bond motifs is 8. The van der Waals surface area contributed by atoms with Gasteiger partial charge in [0.2, 0.25) is 0 Å². The van der Waals surface area contributed by atoms with Gasteiger partial charge in [0, 0.05) is 52.2 Å². The summed E-state index contributed by atoms with van der Waals surface area (Å²) in [6.07, 6.45) is 30.7. The molecule has 2 N–H and O–H groups in total. The van der Waals surface area contributed by atoms with Crippen LogP contribution in [0.2, 0.25) is 0 Å². The smallest absolute Gasteiger partial charge is 0.0754 e. The zero-order valence-corrected chi connectivity index (χ0v) is 32.9. The lowest BCUT2D eigenvalue weighted by Gasteiger charge is -2.31. The summed E-state index contributed by atoms with van der Waals surface area (Å²) in [7, 11) is 0. The molecule has 0 saturated carbocycles. The van der Waals surface area contributed by atoms with Crippen LogP contribution in [0.25, 0.3) is 66.6 Å². The minimum absolute atomic E-state index is 0.112. The summed E-state index contributed by atoms with van der Waals surface area (Å²) >= 11 is 0. The molecule has 5 aliphatic rings. The van der Waals surface area contributed by atoms with Crippen molar-refractivity contribution in [1.29, 1.82) is 0 Å². The van der Waals surface area contributed by atoms with Gasteiger partial charge in [-0.15, -0.1) is 0 Å². The predicted octanol–water partition coefficient (Wildman–Crippen LogP) is 12.1. The molecule has 284 valence electrons. The molecular formula is C54H43N5. The molecule has 1 unspecified atom stereocenters. The first kappa shape index (κ1) is 33.2. The summed E-state index contributed by atoms with van der Waals surface area (Å²) in [5.41, 5.74) is 24.5. The summed E-state index contributed by atoms with van der Waals surface area (Å²) < 4.78 is 4.75. The second kappa shape index (κ2) is 12.8. The first-order chi connectivity index (χ1) is 29.2. The Labute approximate surface area is 343 Å². The van der Waals surface area contributed by atoms with Crippen molar-refractivity contribution in [2.24, 2.45) is 0 Å². The van der Waals surface area contributed by atoms with Gasteiger partial charge in [-0.3, -0.25) is 9.66 Å². The molecule has 4 aliphatic carbocycles. The Hall–Kier alpha value is -6.85. The maximum Gasteiger partial charge on any atom is 0.0754 e. The van der Waals surface area contributed by atoms with E-state index in [1.54, 1.807) is 0 Å². The van der Waals surface area contributed by atoms with Crippen LogP contribution in [0.4, 0.5) is 0 Å². The largest absolute Gasteiger partial charge is 0.380 e. The van der Waals surface area contributed by atoms with Crippen LogP contribution in [0.3, 0.4) is 0 Å². The van der Waals surface area contributed by atoms with Crippen molar-refractivity contribution >= 4 is 55.5 Å². The highest BCUT2D eigenvalue weighted by molar-refractivity contribution is 6.13. The average molecular weight is 762 g/mol. The Morgan fingerprint density at radius 2 is 1.54 bits per heavy atom. The molecule has 4 aromatic carbocycles. The minimum atomic E-state index is 0.112. The SMILES string of the molecule is C1=CCCC(c2ccc(C3=Cc4c([nH]c5c6c7c(cc45)CCc4cc5c8cc(C9C=CC(c%10ccccc%10)=CN9)ccc8n(-n8cccc8)c5c(c4-7)CC6)CC3)nc2)=C1. The van der Waals surface area contributed by atoms with Gasteiger partial charge in [-0.25, -0.2) is 4.68 Å². The Morgan fingerprint density at radius 1 is 0.695 bits per heavy atom. The molecule has 5 nitrogen and oxygen atoms in total. The van der Waals surface area contributed by atoms with Crippen LogP contribution in [-0.4, -0.2) is 19.3 Å². The predicted molar refractivity (Wildman–Crippen MR) is 243 cm³/mol. The normalized spacial score (nSPS) is 17.8. The Kier molecular flexibility index (Phi) is 7.21. The maximum absolute atomic E-state index is 5.00. The Morgan fingerprint density at radius 3 is 2.34 bits per heavy atom. The molecule has 0 fully saturated rings. The fourth-order valence-electron chi connectivity index (χ4n) is 11.0. The summed E-state index contributed by atoms with van der Waals surface area (Å²) in [4.78, 5) is 9.01. The van der Waals surface area contributed by atoms with Gasteiger partial charge in [0.1, 0.15) is 0 Å². The number of pyridine rings is 1. The zero-order valence-electron chi connectivity index (χ0n) is 32.9. The molecule has 0 spiro atoms. The number of nitrogens with zero attached hydrogens (tertiary/aromatic N) is 3. The van der Waals surface area contributed by atoms with E-state index in [-0.39, 0.29) is 6.04 Å². The molecule has 0 saturated heterocycles. The highest BCUT2D eigenvalue weighted by Crippen LogP contribution is 2.50. The quantitative estimate of drug-likeness (QED) is 0.183. The highest BCUT2D eigenvalue weighted by Gasteiger charge is 2.33. The number of H-pyrrole nitrogens is 1. The maximum atomic E-state index is 5.00. The molecule has 59 heavy (non-hydrogen) atoms. The molecule has 1 aliphatic heterocycles. The van der Waals surface area contributed by atoms with Crippen molar-refractivity contribution in [3.05, 3.63) is 196 Å². The molecule has 0 amide bonds. The second-order valence-electron chi connectivity index (χ2n) is 17.0. The van der Waals surface area contributed by atoms with Crippen LogP contribution in [0.1, 0.15) is 81.2 Å². The number of rotatable bonds is 5. The van der Waals surface area contributed by atoms with Crippen LogP contribution < -0.4 is 5.32 Å². The van der Waals surface area contributed by atoms with Crippen LogP contribution in [0.15, 0.2) is 140 Å². The van der Waals surface area contributed by atoms with Gasteiger partial charge in [-0.2, -0.15) is 0 Å². The number of aryl methyl sites for hydroxylation is 5. The number of aromatic nitrogens is 4. The van der Waals surface area contributed by atoms with E-state index in [9.17, 15) is 0 Å². The number of hydrogen-bond acceptors (Lipinski definition) is 2. The van der Waals surface area contributed by atoms with Gasteiger partial charge >= 0.3 is 0 Å². The van der Waals surface area contributed by atoms with E-state index in [0.29, 0.717) is 0 Å². The molecule has 13 rings (SSSR count). The summed E-state index contributed by atoms with van der Waals surface area (Å²) in [5.74, 6) is 0. The highest BCUT2D eigenvalue weighted by atomic mass is 15.4. The molecule has 5 heteroatoms. The van der Waals surface area contributed by atoms with Gasteiger partial charge in [0.15, 0.2) is 0 Å². The van der Waals surface area contributed by atoms with Crippen LogP contribution in [0.5, 0.6) is 0 Å². The summed E-state index contributed by atoms with van der Waals surface area (Å²) in [6, 6.07) is 31.7. The number of dihydropyridines is 1. The molecule has 8 aromatic rings. The lowest BCUT2D eigenvalue weighted by atomic mass is 9.74. The van der Waals surface area contributed by atoms with Crippen molar-refractivity contribution < 1.29 is 0 Å². The Balaban J connectivity index is 0.922. The van der Waals surface area contributed by atoms with E-state index in [1.807, 2.05) is 0 Å². The third kappa shape index (κ3) is 5.07. The zero-order chi connectivity index (χ0) is 38.6. The van der Waals surface area contributed by atoms with Crippen molar-refractivity contribution in [1.82, 2.24) is 24.6 Å². The fraction of sp³-hybridized carbons (Fsp3) is 0.167. The monoisotopic (exact) mass is 761 g/mol. The fourth-order valence-corrected chi connectivity index (χ4v) is 11.0. The second-order valence-corrected chi connectivity index (χ2v) is 17.0. The summed E-state index contributed by atoms with van der Waals surface area (Å²) in [6.45, 7) is 0. The van der Waals surface area contributed by atoms with Crippen molar-refractivity contribution in [2.45, 2.75) is 57.4 Å². The third-order valence-corrected chi connectivity index (χ3v) is 13.8.